The van der Waals surface area contributed by atoms with E-state index < -0.39 is 27.7 Å². The number of rotatable bonds is 7. The Bertz CT molecular complexity index is 599. The summed E-state index contributed by atoms with van der Waals surface area (Å²) in [6.45, 7) is -0.130. The zero-order chi connectivity index (χ0) is 15.2. The van der Waals surface area contributed by atoms with Gasteiger partial charge in [-0.25, -0.2) is 8.42 Å². The minimum Gasteiger partial charge on any atom is -0.480 e. The monoisotopic (exact) mass is 302 g/mol. The van der Waals surface area contributed by atoms with E-state index >= 15 is 0 Å². The first-order valence-corrected chi connectivity index (χ1v) is 7.09. The lowest BCUT2D eigenvalue weighted by atomic mass is 10.3. The Kier molecular flexibility index (Phi) is 5.47. The number of hydrogen-bond acceptors (Lipinski definition) is 5. The summed E-state index contributed by atoms with van der Waals surface area (Å²) in [6.07, 6.45) is 0. The van der Waals surface area contributed by atoms with E-state index in [4.69, 9.17) is 5.11 Å². The molecule has 0 aliphatic rings. The Balaban J connectivity index is 2.78. The van der Waals surface area contributed by atoms with Crippen LogP contribution in [-0.4, -0.2) is 44.9 Å². The lowest BCUT2D eigenvalue weighted by Gasteiger charge is -2.09. The second kappa shape index (κ2) is 6.87. The molecule has 3 N–H and O–H groups in total. The lowest BCUT2D eigenvalue weighted by Crippen LogP contribution is -2.22. The van der Waals surface area contributed by atoms with E-state index in [1.165, 1.54) is 25.3 Å². The van der Waals surface area contributed by atoms with Crippen LogP contribution in [0.2, 0.25) is 0 Å². The van der Waals surface area contributed by atoms with Gasteiger partial charge in [-0.3, -0.25) is 14.3 Å². The van der Waals surface area contributed by atoms with E-state index in [-0.39, 0.29) is 12.3 Å². The highest BCUT2D eigenvalue weighted by molar-refractivity contribution is 7.93. The van der Waals surface area contributed by atoms with Crippen molar-refractivity contribution in [1.82, 2.24) is 0 Å². The summed E-state index contributed by atoms with van der Waals surface area (Å²) >= 11 is 0. The highest BCUT2D eigenvalue weighted by Gasteiger charge is 2.15. The van der Waals surface area contributed by atoms with Gasteiger partial charge in [0.05, 0.1) is 5.69 Å². The number of amides is 1. The average Bonchev–Trinajstić information content (AvgIpc) is 2.26. The molecule has 9 heteroatoms. The second-order valence-corrected chi connectivity index (χ2v) is 5.54. The summed E-state index contributed by atoms with van der Waals surface area (Å²) in [5, 5.41) is 11.0. The minimum atomic E-state index is -3.98. The SMILES string of the molecule is COCC(=O)Nc1cccc(NS(=O)(=O)CC(=O)O)c1. The zero-order valence-corrected chi connectivity index (χ0v) is 11.4. The van der Waals surface area contributed by atoms with Gasteiger partial charge in [0.1, 0.15) is 6.61 Å². The van der Waals surface area contributed by atoms with Crippen molar-refractivity contribution >= 4 is 33.3 Å². The van der Waals surface area contributed by atoms with Gasteiger partial charge >= 0.3 is 5.97 Å². The van der Waals surface area contributed by atoms with Crippen molar-refractivity contribution in [2.24, 2.45) is 0 Å². The fraction of sp³-hybridized carbons (Fsp3) is 0.273. The Morgan fingerprint density at radius 1 is 1.30 bits per heavy atom. The van der Waals surface area contributed by atoms with Gasteiger partial charge in [-0.2, -0.15) is 0 Å². The molecule has 110 valence electrons. The maximum atomic E-state index is 11.4. The molecule has 0 aliphatic carbocycles. The van der Waals surface area contributed by atoms with Crippen LogP contribution < -0.4 is 10.0 Å². The Labute approximate surface area is 115 Å². The molecular weight excluding hydrogens is 288 g/mol. The highest BCUT2D eigenvalue weighted by atomic mass is 32.2. The number of benzene rings is 1. The number of anilines is 2. The number of carbonyl (C=O) groups is 2. The summed E-state index contributed by atoms with van der Waals surface area (Å²) in [7, 11) is -2.61. The molecule has 0 unspecified atom stereocenters. The van der Waals surface area contributed by atoms with Gasteiger partial charge in [0.25, 0.3) is 0 Å². The van der Waals surface area contributed by atoms with Gasteiger partial charge in [-0.05, 0) is 18.2 Å². The number of carbonyl (C=O) groups excluding carboxylic acids is 1. The van der Waals surface area contributed by atoms with E-state index in [1.54, 1.807) is 6.07 Å². The highest BCUT2D eigenvalue weighted by Crippen LogP contribution is 2.16. The molecule has 0 aromatic heterocycles. The Hall–Kier alpha value is -2.13. The van der Waals surface area contributed by atoms with Gasteiger partial charge in [-0.15, -0.1) is 0 Å². The predicted molar refractivity (Wildman–Crippen MR) is 72.0 cm³/mol. The molecule has 0 spiro atoms. The third-order valence-electron chi connectivity index (χ3n) is 2.01. The van der Waals surface area contributed by atoms with E-state index in [2.05, 4.69) is 14.8 Å². The second-order valence-electron chi connectivity index (χ2n) is 3.82. The minimum absolute atomic E-state index is 0.130. The van der Waals surface area contributed by atoms with Gasteiger partial charge in [0, 0.05) is 12.8 Å². The quantitative estimate of drug-likeness (QED) is 0.656. The Morgan fingerprint density at radius 2 is 1.95 bits per heavy atom. The van der Waals surface area contributed by atoms with E-state index in [0.29, 0.717) is 5.69 Å². The third-order valence-corrected chi connectivity index (χ3v) is 3.18. The van der Waals surface area contributed by atoms with Crippen LogP contribution in [0.5, 0.6) is 0 Å². The number of ether oxygens (including phenoxy) is 1. The summed E-state index contributed by atoms with van der Waals surface area (Å²) in [4.78, 5) is 21.7. The van der Waals surface area contributed by atoms with Crippen molar-refractivity contribution in [2.45, 2.75) is 0 Å². The molecule has 8 nitrogen and oxygen atoms in total. The molecule has 0 saturated heterocycles. The molecule has 0 bridgehead atoms. The third kappa shape index (κ3) is 5.67. The topological polar surface area (TPSA) is 122 Å². The van der Waals surface area contributed by atoms with E-state index in [0.717, 1.165) is 0 Å². The smallest absolute Gasteiger partial charge is 0.320 e. The molecule has 0 fully saturated rings. The number of nitrogens with one attached hydrogen (secondary N) is 2. The summed E-state index contributed by atoms with van der Waals surface area (Å²) in [6, 6.07) is 5.88. The van der Waals surface area contributed by atoms with Crippen molar-refractivity contribution in [1.29, 1.82) is 0 Å². The van der Waals surface area contributed by atoms with Gasteiger partial charge in [0.2, 0.25) is 15.9 Å². The number of carboxylic acids is 1. The molecular formula is C11H14N2O6S. The molecule has 0 atom stereocenters. The molecule has 0 heterocycles. The maximum absolute atomic E-state index is 11.4. The van der Waals surface area contributed by atoms with Crippen molar-refractivity contribution < 1.29 is 27.9 Å². The lowest BCUT2D eigenvalue weighted by molar-refractivity contribution is -0.134. The van der Waals surface area contributed by atoms with Crippen molar-refractivity contribution in [3.05, 3.63) is 24.3 Å². The van der Waals surface area contributed by atoms with Crippen LogP contribution in [-0.2, 0) is 24.3 Å². The van der Waals surface area contributed by atoms with Crippen molar-refractivity contribution in [3.63, 3.8) is 0 Å². The molecule has 0 radical (unpaired) electrons. The standard InChI is InChI=1S/C11H14N2O6S/c1-19-6-10(14)12-8-3-2-4-9(5-8)13-20(17,18)7-11(15)16/h2-5,13H,6-7H2,1H3,(H,12,14)(H,15,16). The van der Waals surface area contributed by atoms with Crippen LogP contribution in [0.15, 0.2) is 24.3 Å². The zero-order valence-electron chi connectivity index (χ0n) is 10.6. The normalized spacial score (nSPS) is 10.8. The average molecular weight is 302 g/mol. The fourth-order valence-electron chi connectivity index (χ4n) is 1.37. The molecule has 1 rings (SSSR count). The molecule has 20 heavy (non-hydrogen) atoms. The largest absolute Gasteiger partial charge is 0.480 e. The number of methoxy groups -OCH3 is 1. The number of sulfonamides is 1. The van der Waals surface area contributed by atoms with E-state index in [9.17, 15) is 18.0 Å². The first kappa shape index (κ1) is 15.9. The molecule has 1 aromatic rings. The predicted octanol–water partition coefficient (Wildman–Crippen LogP) is 0.0978. The first-order chi connectivity index (χ1) is 9.32. The molecule has 1 amide bonds. The number of carboxylic acid groups (broad SMARTS) is 1. The number of hydrogen-bond donors (Lipinski definition) is 3. The molecule has 0 aliphatic heterocycles. The summed E-state index contributed by atoms with van der Waals surface area (Å²) < 4.78 is 29.6. The van der Waals surface area contributed by atoms with Gasteiger partial charge < -0.3 is 15.2 Å². The van der Waals surface area contributed by atoms with Crippen LogP contribution in [0, 0.1) is 0 Å². The van der Waals surface area contributed by atoms with Crippen molar-refractivity contribution in [2.75, 3.05) is 29.5 Å². The fourth-order valence-corrected chi connectivity index (χ4v) is 2.25. The van der Waals surface area contributed by atoms with E-state index in [1.807, 2.05) is 0 Å². The number of aliphatic carboxylic acids is 1. The van der Waals surface area contributed by atoms with Crippen molar-refractivity contribution in [3.8, 4) is 0 Å². The maximum Gasteiger partial charge on any atom is 0.320 e. The van der Waals surface area contributed by atoms with Crippen LogP contribution in [0.1, 0.15) is 0 Å². The first-order valence-electron chi connectivity index (χ1n) is 5.43. The van der Waals surface area contributed by atoms with Crippen LogP contribution >= 0.6 is 0 Å². The van der Waals surface area contributed by atoms with Crippen LogP contribution in [0.25, 0.3) is 0 Å². The van der Waals surface area contributed by atoms with Crippen LogP contribution in [0.3, 0.4) is 0 Å². The molecule has 1 aromatic carbocycles. The van der Waals surface area contributed by atoms with Crippen LogP contribution in [0.4, 0.5) is 11.4 Å². The van der Waals surface area contributed by atoms with Gasteiger partial charge in [0.15, 0.2) is 5.75 Å². The van der Waals surface area contributed by atoms with Gasteiger partial charge in [-0.1, -0.05) is 6.07 Å². The summed E-state index contributed by atoms with van der Waals surface area (Å²) in [5.41, 5.74) is 0.518. The summed E-state index contributed by atoms with van der Waals surface area (Å²) in [5.74, 6) is -2.88. The Morgan fingerprint density at radius 3 is 2.55 bits per heavy atom. The molecule has 0 saturated carbocycles.